The lowest BCUT2D eigenvalue weighted by Crippen LogP contribution is -2.55. The van der Waals surface area contributed by atoms with Crippen molar-refractivity contribution < 1.29 is 14.4 Å². The highest BCUT2D eigenvalue weighted by Crippen LogP contribution is 2.06. The van der Waals surface area contributed by atoms with Crippen molar-refractivity contribution in [2.24, 2.45) is 5.73 Å². The zero-order valence-corrected chi connectivity index (χ0v) is 7.95. The number of piperazine rings is 1. The van der Waals surface area contributed by atoms with Crippen LogP contribution in [0.3, 0.4) is 0 Å². The molecule has 0 spiro atoms. The van der Waals surface area contributed by atoms with E-state index in [9.17, 15) is 14.4 Å². The summed E-state index contributed by atoms with van der Waals surface area (Å²) in [6.45, 7) is 1.70. The molecule has 0 aromatic rings. The van der Waals surface area contributed by atoms with Gasteiger partial charge in [-0.25, -0.2) is 0 Å². The van der Waals surface area contributed by atoms with E-state index in [1.165, 1.54) is 4.90 Å². The topological polar surface area (TPSA) is 92.5 Å². The van der Waals surface area contributed by atoms with Gasteiger partial charge >= 0.3 is 0 Å². The zero-order chi connectivity index (χ0) is 10.7. The Bertz CT molecular complexity index is 277. The Morgan fingerprint density at radius 2 is 2.29 bits per heavy atom. The summed E-state index contributed by atoms with van der Waals surface area (Å²) in [6.07, 6.45) is 0.0824. The minimum Gasteiger partial charge on any atom is -0.370 e. The zero-order valence-electron chi connectivity index (χ0n) is 7.95. The number of hydrogen-bond donors (Lipinski definition) is 2. The second-order valence-corrected chi connectivity index (χ2v) is 3.32. The number of carbonyl (C=O) groups is 3. The monoisotopic (exact) mass is 199 g/mol. The van der Waals surface area contributed by atoms with E-state index < -0.39 is 5.91 Å². The molecule has 1 fully saturated rings. The van der Waals surface area contributed by atoms with Gasteiger partial charge < -0.3 is 16.0 Å². The van der Waals surface area contributed by atoms with Crippen molar-refractivity contribution in [3.63, 3.8) is 0 Å². The quantitative estimate of drug-likeness (QED) is 0.562. The molecule has 1 aliphatic heterocycles. The molecule has 1 aliphatic rings. The second-order valence-electron chi connectivity index (χ2n) is 3.32. The van der Waals surface area contributed by atoms with Crippen molar-refractivity contribution in [1.29, 1.82) is 0 Å². The van der Waals surface area contributed by atoms with Crippen LogP contribution in [-0.4, -0.2) is 41.8 Å². The smallest absolute Gasteiger partial charge is 0.242 e. The summed E-state index contributed by atoms with van der Waals surface area (Å²) in [4.78, 5) is 34.3. The van der Waals surface area contributed by atoms with E-state index in [2.05, 4.69) is 5.32 Å². The fourth-order valence-electron chi connectivity index (χ4n) is 1.38. The number of rotatable bonds is 3. The molecule has 3 amide bonds. The number of carbonyl (C=O) groups excluding carboxylic acids is 3. The van der Waals surface area contributed by atoms with Crippen LogP contribution in [0.25, 0.3) is 0 Å². The molecule has 1 saturated heterocycles. The molecule has 0 radical (unpaired) electrons. The molecule has 1 unspecified atom stereocenters. The standard InChI is InChI=1S/C8H13N3O3/c1-5(2-6(9)12)11-4-7(13)10-3-8(11)14/h5H,2-4H2,1H3,(H2,9,12)(H,10,13). The molecule has 1 atom stereocenters. The van der Waals surface area contributed by atoms with Crippen molar-refractivity contribution in [3.8, 4) is 0 Å². The van der Waals surface area contributed by atoms with E-state index >= 15 is 0 Å². The predicted molar refractivity (Wildman–Crippen MR) is 48.0 cm³/mol. The summed E-state index contributed by atoms with van der Waals surface area (Å²) < 4.78 is 0. The molecule has 0 bridgehead atoms. The summed E-state index contributed by atoms with van der Waals surface area (Å²) >= 11 is 0. The van der Waals surface area contributed by atoms with Gasteiger partial charge in [-0.1, -0.05) is 0 Å². The first-order valence-corrected chi connectivity index (χ1v) is 4.35. The van der Waals surface area contributed by atoms with E-state index in [-0.39, 0.29) is 37.4 Å². The van der Waals surface area contributed by atoms with Crippen LogP contribution >= 0.6 is 0 Å². The Kier molecular flexibility index (Phi) is 3.06. The maximum Gasteiger partial charge on any atom is 0.242 e. The highest BCUT2D eigenvalue weighted by atomic mass is 16.2. The molecule has 1 rings (SSSR count). The van der Waals surface area contributed by atoms with Gasteiger partial charge in [0.25, 0.3) is 0 Å². The minimum atomic E-state index is -0.476. The molecule has 1 heterocycles. The van der Waals surface area contributed by atoms with Crippen LogP contribution in [0.15, 0.2) is 0 Å². The summed E-state index contributed by atoms with van der Waals surface area (Å²) in [5, 5.41) is 2.42. The molecule has 6 nitrogen and oxygen atoms in total. The Balaban J connectivity index is 2.59. The van der Waals surface area contributed by atoms with Crippen LogP contribution in [-0.2, 0) is 14.4 Å². The third-order valence-electron chi connectivity index (χ3n) is 2.10. The minimum absolute atomic E-state index is 0.00192. The lowest BCUT2D eigenvalue weighted by atomic mass is 10.1. The lowest BCUT2D eigenvalue weighted by molar-refractivity contribution is -0.143. The third-order valence-corrected chi connectivity index (χ3v) is 2.10. The predicted octanol–water partition coefficient (Wildman–Crippen LogP) is -1.79. The van der Waals surface area contributed by atoms with Crippen molar-refractivity contribution in [2.45, 2.75) is 19.4 Å². The van der Waals surface area contributed by atoms with Crippen molar-refractivity contribution in [2.75, 3.05) is 13.1 Å². The number of nitrogens with zero attached hydrogens (tertiary/aromatic N) is 1. The number of primary amides is 1. The second kappa shape index (κ2) is 4.08. The first kappa shape index (κ1) is 10.5. The van der Waals surface area contributed by atoms with Crippen molar-refractivity contribution in [3.05, 3.63) is 0 Å². The average Bonchev–Trinajstić information content (AvgIpc) is 2.08. The highest BCUT2D eigenvalue weighted by molar-refractivity contribution is 5.92. The maximum absolute atomic E-state index is 11.3. The molecule has 0 aromatic heterocycles. The Morgan fingerprint density at radius 1 is 1.64 bits per heavy atom. The van der Waals surface area contributed by atoms with Crippen LogP contribution in [0.1, 0.15) is 13.3 Å². The summed E-state index contributed by atoms with van der Waals surface area (Å²) in [5.74, 6) is -0.865. The summed E-state index contributed by atoms with van der Waals surface area (Å²) in [6, 6.07) is -0.314. The van der Waals surface area contributed by atoms with Crippen LogP contribution < -0.4 is 11.1 Å². The third kappa shape index (κ3) is 2.45. The number of hydrogen-bond acceptors (Lipinski definition) is 3. The van der Waals surface area contributed by atoms with Crippen LogP contribution in [0.4, 0.5) is 0 Å². The van der Waals surface area contributed by atoms with Crippen molar-refractivity contribution in [1.82, 2.24) is 10.2 Å². The fourth-order valence-corrected chi connectivity index (χ4v) is 1.38. The summed E-state index contributed by atoms with van der Waals surface area (Å²) in [7, 11) is 0. The Morgan fingerprint density at radius 3 is 2.86 bits per heavy atom. The fraction of sp³-hybridized carbons (Fsp3) is 0.625. The van der Waals surface area contributed by atoms with Crippen molar-refractivity contribution >= 4 is 17.7 Å². The van der Waals surface area contributed by atoms with E-state index in [0.29, 0.717) is 0 Å². The Labute approximate surface area is 81.4 Å². The van der Waals surface area contributed by atoms with Crippen LogP contribution in [0, 0.1) is 0 Å². The van der Waals surface area contributed by atoms with Gasteiger partial charge in [0, 0.05) is 12.5 Å². The van der Waals surface area contributed by atoms with Gasteiger partial charge in [-0.3, -0.25) is 14.4 Å². The molecular formula is C8H13N3O3. The summed E-state index contributed by atoms with van der Waals surface area (Å²) in [5.41, 5.74) is 5.00. The van der Waals surface area contributed by atoms with Crippen LogP contribution in [0.5, 0.6) is 0 Å². The molecular weight excluding hydrogens is 186 g/mol. The first-order chi connectivity index (χ1) is 6.50. The maximum atomic E-state index is 11.3. The number of nitrogens with one attached hydrogen (secondary N) is 1. The van der Waals surface area contributed by atoms with Gasteiger partial charge in [-0.05, 0) is 6.92 Å². The molecule has 0 aromatic carbocycles. The van der Waals surface area contributed by atoms with E-state index in [1.807, 2.05) is 0 Å². The largest absolute Gasteiger partial charge is 0.370 e. The number of amides is 3. The van der Waals surface area contributed by atoms with Gasteiger partial charge in [0.15, 0.2) is 0 Å². The molecule has 14 heavy (non-hydrogen) atoms. The van der Waals surface area contributed by atoms with Gasteiger partial charge in [0.1, 0.15) is 0 Å². The molecule has 6 heteroatoms. The first-order valence-electron chi connectivity index (χ1n) is 4.35. The van der Waals surface area contributed by atoms with E-state index in [4.69, 9.17) is 5.73 Å². The molecule has 0 aliphatic carbocycles. The van der Waals surface area contributed by atoms with Gasteiger partial charge in [0.2, 0.25) is 17.7 Å². The molecule has 0 saturated carbocycles. The molecule has 78 valence electrons. The van der Waals surface area contributed by atoms with Gasteiger partial charge in [-0.2, -0.15) is 0 Å². The highest BCUT2D eigenvalue weighted by Gasteiger charge is 2.27. The molecule has 3 N–H and O–H groups in total. The van der Waals surface area contributed by atoms with E-state index in [1.54, 1.807) is 6.92 Å². The lowest BCUT2D eigenvalue weighted by Gasteiger charge is -2.31. The SMILES string of the molecule is CC(CC(N)=O)N1CC(=O)NCC1=O. The van der Waals surface area contributed by atoms with Gasteiger partial charge in [-0.15, -0.1) is 0 Å². The normalized spacial score (nSPS) is 19.1. The number of nitrogens with two attached hydrogens (primary N) is 1. The van der Waals surface area contributed by atoms with Crippen LogP contribution in [0.2, 0.25) is 0 Å². The Hall–Kier alpha value is -1.59. The average molecular weight is 199 g/mol. The van der Waals surface area contributed by atoms with E-state index in [0.717, 1.165) is 0 Å². The van der Waals surface area contributed by atoms with Gasteiger partial charge in [0.05, 0.1) is 13.1 Å².